The number of esters is 2. The standard InChI is InChI=1S/C37H29NO7/c1-21-10-12-23(13-11-21)37(43)45-24-16-14-22(15-17-24)29(39)20-44-30(40)18-19-38-35(41)33-31-25-6-2-3-7-26(25)32(34(33)36(38)42)28-9-5-4-8-27(28)31/h2-17,31-34H,18-20H2,1H3. The Labute approximate surface area is 259 Å². The molecule has 1 saturated heterocycles. The molecule has 0 aromatic heterocycles. The fourth-order valence-corrected chi connectivity index (χ4v) is 7.03. The minimum Gasteiger partial charge on any atom is -0.457 e. The van der Waals surface area contributed by atoms with Gasteiger partial charge in [-0.1, -0.05) is 66.2 Å². The Morgan fingerprint density at radius 2 is 1.16 bits per heavy atom. The molecular formula is C37H29NO7. The molecule has 2 unspecified atom stereocenters. The number of amides is 2. The van der Waals surface area contributed by atoms with Crippen LogP contribution in [0.25, 0.3) is 0 Å². The van der Waals surface area contributed by atoms with E-state index in [1.54, 1.807) is 12.1 Å². The topological polar surface area (TPSA) is 107 Å². The molecule has 2 amide bonds. The van der Waals surface area contributed by atoms with E-state index < -0.39 is 36.2 Å². The van der Waals surface area contributed by atoms with Gasteiger partial charge in [-0.05, 0) is 65.6 Å². The fraction of sp³-hybridized carbons (Fsp3) is 0.216. The number of hydrogen-bond acceptors (Lipinski definition) is 7. The average Bonchev–Trinajstić information content (AvgIpc) is 3.32. The van der Waals surface area contributed by atoms with Gasteiger partial charge in [0.05, 0.1) is 23.8 Å². The van der Waals surface area contributed by atoms with Crippen LogP contribution in [0.15, 0.2) is 97.1 Å². The van der Waals surface area contributed by atoms with Gasteiger partial charge < -0.3 is 9.47 Å². The first kappa shape index (κ1) is 28.4. The lowest BCUT2D eigenvalue weighted by molar-refractivity contribution is -0.145. The van der Waals surface area contributed by atoms with Crippen molar-refractivity contribution in [1.82, 2.24) is 4.90 Å². The number of nitrogens with zero attached hydrogens (tertiary/aromatic N) is 1. The maximum Gasteiger partial charge on any atom is 0.343 e. The maximum absolute atomic E-state index is 13.7. The van der Waals surface area contributed by atoms with E-state index >= 15 is 0 Å². The van der Waals surface area contributed by atoms with Crippen molar-refractivity contribution in [3.05, 3.63) is 136 Å². The van der Waals surface area contributed by atoms with Gasteiger partial charge in [-0.3, -0.25) is 24.1 Å². The number of aryl methyl sites for hydroxylation is 1. The summed E-state index contributed by atoms with van der Waals surface area (Å²) in [6.45, 7) is 1.32. The Kier molecular flexibility index (Phi) is 7.12. The second kappa shape index (κ2) is 11.3. The highest BCUT2D eigenvalue weighted by Crippen LogP contribution is 2.60. The Hall–Kier alpha value is -5.37. The molecule has 224 valence electrons. The summed E-state index contributed by atoms with van der Waals surface area (Å²) in [5.41, 5.74) is 6.05. The summed E-state index contributed by atoms with van der Waals surface area (Å²) in [6, 6.07) is 29.0. The molecular weight excluding hydrogens is 570 g/mol. The molecule has 1 heterocycles. The van der Waals surface area contributed by atoms with Crippen LogP contribution in [0.1, 0.15) is 66.8 Å². The molecule has 0 radical (unpaired) electrons. The van der Waals surface area contributed by atoms with Gasteiger partial charge in [0, 0.05) is 23.9 Å². The predicted molar refractivity (Wildman–Crippen MR) is 163 cm³/mol. The molecule has 0 spiro atoms. The van der Waals surface area contributed by atoms with Crippen LogP contribution in [0.4, 0.5) is 0 Å². The molecule has 4 aromatic rings. The second-order valence-electron chi connectivity index (χ2n) is 11.7. The van der Waals surface area contributed by atoms with Gasteiger partial charge in [-0.2, -0.15) is 0 Å². The highest BCUT2D eigenvalue weighted by atomic mass is 16.5. The summed E-state index contributed by atoms with van der Waals surface area (Å²) in [6.07, 6.45) is -0.215. The minimum atomic E-state index is -0.683. The lowest BCUT2D eigenvalue weighted by atomic mass is 9.55. The number of carbonyl (C=O) groups excluding carboxylic acids is 5. The number of imide groups is 1. The monoisotopic (exact) mass is 599 g/mol. The van der Waals surface area contributed by atoms with Crippen molar-refractivity contribution in [1.29, 1.82) is 0 Å². The largest absolute Gasteiger partial charge is 0.457 e. The quantitative estimate of drug-likeness (QED) is 0.118. The van der Waals surface area contributed by atoms with Crippen molar-refractivity contribution in [3.63, 3.8) is 0 Å². The summed E-state index contributed by atoms with van der Waals surface area (Å²) < 4.78 is 10.6. The Morgan fingerprint density at radius 3 is 1.67 bits per heavy atom. The van der Waals surface area contributed by atoms with E-state index in [4.69, 9.17) is 9.47 Å². The Morgan fingerprint density at radius 1 is 0.667 bits per heavy atom. The molecule has 45 heavy (non-hydrogen) atoms. The van der Waals surface area contributed by atoms with E-state index in [1.165, 1.54) is 29.2 Å². The zero-order valence-electron chi connectivity index (χ0n) is 24.5. The van der Waals surface area contributed by atoms with Crippen LogP contribution in [-0.2, 0) is 19.1 Å². The first-order chi connectivity index (χ1) is 21.8. The van der Waals surface area contributed by atoms with Crippen molar-refractivity contribution in [3.8, 4) is 5.75 Å². The van der Waals surface area contributed by atoms with E-state index in [0.717, 1.165) is 27.8 Å². The van der Waals surface area contributed by atoms with Crippen molar-refractivity contribution in [2.45, 2.75) is 25.2 Å². The third-order valence-corrected chi connectivity index (χ3v) is 9.12. The number of ketones is 1. The zero-order valence-corrected chi connectivity index (χ0v) is 24.5. The number of Topliss-reactive ketones (excluding diaryl/α,β-unsaturated/α-hetero) is 1. The summed E-state index contributed by atoms with van der Waals surface area (Å²) in [7, 11) is 0. The summed E-state index contributed by atoms with van der Waals surface area (Å²) in [5.74, 6) is -3.34. The molecule has 1 aliphatic heterocycles. The van der Waals surface area contributed by atoms with Crippen LogP contribution in [0.3, 0.4) is 0 Å². The van der Waals surface area contributed by atoms with Crippen LogP contribution in [0.5, 0.6) is 5.75 Å². The molecule has 1 fully saturated rings. The molecule has 4 aromatic carbocycles. The van der Waals surface area contributed by atoms with Crippen LogP contribution in [-0.4, -0.2) is 47.6 Å². The lowest BCUT2D eigenvalue weighted by Gasteiger charge is -2.45. The van der Waals surface area contributed by atoms with Gasteiger partial charge in [0.1, 0.15) is 5.75 Å². The van der Waals surface area contributed by atoms with Gasteiger partial charge in [0.15, 0.2) is 12.4 Å². The molecule has 2 bridgehead atoms. The number of ether oxygens (including phenoxy) is 2. The molecule has 3 aliphatic carbocycles. The summed E-state index contributed by atoms with van der Waals surface area (Å²) in [5, 5.41) is 0. The van der Waals surface area contributed by atoms with Crippen molar-refractivity contribution >= 4 is 29.5 Å². The number of benzene rings is 4. The van der Waals surface area contributed by atoms with Gasteiger partial charge in [0.2, 0.25) is 11.8 Å². The smallest absolute Gasteiger partial charge is 0.343 e. The van der Waals surface area contributed by atoms with E-state index in [-0.39, 0.29) is 47.9 Å². The Balaban J connectivity index is 0.954. The summed E-state index contributed by atoms with van der Waals surface area (Å²) >= 11 is 0. The highest BCUT2D eigenvalue weighted by Gasteiger charge is 2.61. The highest BCUT2D eigenvalue weighted by molar-refractivity contribution is 6.08. The summed E-state index contributed by atoms with van der Waals surface area (Å²) in [4.78, 5) is 66.2. The maximum atomic E-state index is 13.7. The number of likely N-dealkylation sites (tertiary alicyclic amines) is 1. The minimum absolute atomic E-state index is 0.106. The number of rotatable bonds is 8. The third-order valence-electron chi connectivity index (χ3n) is 9.12. The van der Waals surface area contributed by atoms with Crippen LogP contribution in [0, 0.1) is 18.8 Å². The van der Waals surface area contributed by atoms with E-state index in [2.05, 4.69) is 0 Å². The van der Waals surface area contributed by atoms with Crippen molar-refractivity contribution in [2.75, 3.05) is 13.2 Å². The van der Waals surface area contributed by atoms with Crippen molar-refractivity contribution in [2.24, 2.45) is 11.8 Å². The van der Waals surface area contributed by atoms with E-state index in [0.29, 0.717) is 5.56 Å². The zero-order chi connectivity index (χ0) is 31.2. The van der Waals surface area contributed by atoms with Gasteiger partial charge >= 0.3 is 11.9 Å². The molecule has 8 heteroatoms. The molecule has 0 N–H and O–H groups in total. The van der Waals surface area contributed by atoms with Crippen LogP contribution < -0.4 is 4.74 Å². The molecule has 4 aliphatic rings. The van der Waals surface area contributed by atoms with E-state index in [1.807, 2.05) is 67.6 Å². The van der Waals surface area contributed by atoms with E-state index in [9.17, 15) is 24.0 Å². The molecule has 8 nitrogen and oxygen atoms in total. The van der Waals surface area contributed by atoms with Gasteiger partial charge in [0.25, 0.3) is 0 Å². The first-order valence-corrected chi connectivity index (χ1v) is 14.9. The molecule has 2 atom stereocenters. The average molecular weight is 600 g/mol. The SMILES string of the molecule is Cc1ccc(C(=O)Oc2ccc(C(=O)COC(=O)CCN3C(=O)C4C5c6ccccc6C(c6ccccc65)C4C3=O)cc2)cc1. The van der Waals surface area contributed by atoms with Crippen LogP contribution >= 0.6 is 0 Å². The predicted octanol–water partition coefficient (Wildman–Crippen LogP) is 5.22. The lowest BCUT2D eigenvalue weighted by Crippen LogP contribution is -2.41. The number of hydrogen-bond donors (Lipinski definition) is 0. The second-order valence-corrected chi connectivity index (χ2v) is 11.7. The normalized spacial score (nSPS) is 20.7. The number of carbonyl (C=O) groups is 5. The first-order valence-electron chi connectivity index (χ1n) is 14.9. The van der Waals surface area contributed by atoms with Crippen LogP contribution in [0.2, 0.25) is 0 Å². The third kappa shape index (κ3) is 4.92. The molecule has 0 saturated carbocycles. The molecule has 8 rings (SSSR count). The Bertz CT molecular complexity index is 1750. The van der Waals surface area contributed by atoms with Crippen molar-refractivity contribution < 1.29 is 33.4 Å². The van der Waals surface area contributed by atoms with Gasteiger partial charge in [-0.15, -0.1) is 0 Å². The van der Waals surface area contributed by atoms with Gasteiger partial charge in [-0.25, -0.2) is 4.79 Å². The fourth-order valence-electron chi connectivity index (χ4n) is 7.03.